The van der Waals surface area contributed by atoms with Crippen LogP contribution in [0, 0.1) is 5.92 Å². The van der Waals surface area contributed by atoms with E-state index in [0.717, 1.165) is 36.8 Å². The highest BCUT2D eigenvalue weighted by Gasteiger charge is 2.29. The maximum absolute atomic E-state index is 12.3. The van der Waals surface area contributed by atoms with Crippen molar-refractivity contribution in [1.82, 2.24) is 0 Å². The van der Waals surface area contributed by atoms with Crippen LogP contribution in [0.5, 0.6) is 0 Å². The molecule has 0 amide bonds. The largest absolute Gasteiger partial charge is 0.481 e. The molecule has 0 saturated carbocycles. The Morgan fingerprint density at radius 2 is 1.57 bits per heavy atom. The van der Waals surface area contributed by atoms with Crippen molar-refractivity contribution in [2.24, 2.45) is 5.92 Å². The summed E-state index contributed by atoms with van der Waals surface area (Å²) in [5.74, 6) is -1.99. The number of ether oxygens (including phenoxy) is 1. The Balaban J connectivity index is 1.60. The van der Waals surface area contributed by atoms with Gasteiger partial charge in [0.05, 0.1) is 12.3 Å². The fourth-order valence-corrected chi connectivity index (χ4v) is 4.01. The quantitative estimate of drug-likeness (QED) is 0.442. The van der Waals surface area contributed by atoms with E-state index < -0.39 is 17.9 Å². The molecule has 0 bridgehead atoms. The molecule has 1 N–H and O–H groups in total. The summed E-state index contributed by atoms with van der Waals surface area (Å²) in [7, 11) is 0. The lowest BCUT2D eigenvalue weighted by atomic mass is 9.97. The molecule has 0 spiro atoms. The normalized spacial score (nSPS) is 13.6. The molecule has 0 unspecified atom stereocenters. The minimum absolute atomic E-state index is 0.00387. The predicted molar refractivity (Wildman–Crippen MR) is 109 cm³/mol. The summed E-state index contributed by atoms with van der Waals surface area (Å²) in [6.45, 7) is 2.36. The molecule has 0 radical (unpaired) electrons. The third kappa shape index (κ3) is 4.61. The molecule has 4 nitrogen and oxygen atoms in total. The van der Waals surface area contributed by atoms with E-state index in [1.807, 2.05) is 24.3 Å². The molecular formula is C24H28O4. The Kier molecular flexibility index (Phi) is 6.85. The molecule has 0 aliphatic heterocycles. The molecule has 0 fully saturated rings. The molecule has 0 aromatic heterocycles. The average molecular weight is 380 g/mol. The minimum Gasteiger partial charge on any atom is -0.481 e. The summed E-state index contributed by atoms with van der Waals surface area (Å²) in [6, 6.07) is 16.3. The standard InChI is InChI=1S/C24H28O4/c1-2-3-4-5-10-17(24(26)27)15-23(25)28-16-22-20-13-8-6-11-18(20)19-12-7-9-14-21(19)22/h6-9,11-14,17,22H,2-5,10,15-16H2,1H3,(H,26,27)/t17-/m1/s1. The Morgan fingerprint density at radius 3 is 2.14 bits per heavy atom. The smallest absolute Gasteiger partial charge is 0.307 e. The second-order valence-electron chi connectivity index (χ2n) is 7.50. The zero-order valence-electron chi connectivity index (χ0n) is 16.4. The van der Waals surface area contributed by atoms with Gasteiger partial charge in [0.2, 0.25) is 0 Å². The number of esters is 1. The zero-order valence-corrected chi connectivity index (χ0v) is 16.4. The Hall–Kier alpha value is -2.62. The number of rotatable bonds is 10. The van der Waals surface area contributed by atoms with Crippen molar-refractivity contribution < 1.29 is 19.4 Å². The number of carboxylic acid groups (broad SMARTS) is 1. The summed E-state index contributed by atoms with van der Waals surface area (Å²) < 4.78 is 5.55. The van der Waals surface area contributed by atoms with Gasteiger partial charge in [-0.25, -0.2) is 0 Å². The van der Waals surface area contributed by atoms with Gasteiger partial charge < -0.3 is 9.84 Å². The van der Waals surface area contributed by atoms with Crippen LogP contribution in [0.2, 0.25) is 0 Å². The first-order valence-electron chi connectivity index (χ1n) is 10.2. The highest BCUT2D eigenvalue weighted by Crippen LogP contribution is 2.44. The molecule has 2 aromatic rings. The monoisotopic (exact) mass is 380 g/mol. The van der Waals surface area contributed by atoms with Crippen LogP contribution in [0.1, 0.15) is 62.5 Å². The van der Waals surface area contributed by atoms with E-state index in [9.17, 15) is 14.7 Å². The number of carboxylic acids is 1. The van der Waals surface area contributed by atoms with Crippen LogP contribution in [0.3, 0.4) is 0 Å². The van der Waals surface area contributed by atoms with E-state index in [1.165, 1.54) is 11.1 Å². The van der Waals surface area contributed by atoms with Gasteiger partial charge >= 0.3 is 11.9 Å². The number of aliphatic carboxylic acids is 1. The van der Waals surface area contributed by atoms with Crippen molar-refractivity contribution in [2.45, 2.75) is 51.4 Å². The lowest BCUT2D eigenvalue weighted by Gasteiger charge is -2.16. The van der Waals surface area contributed by atoms with Crippen molar-refractivity contribution >= 4 is 11.9 Å². The first-order chi connectivity index (χ1) is 13.6. The highest BCUT2D eigenvalue weighted by molar-refractivity contribution is 5.80. The molecule has 4 heteroatoms. The van der Waals surface area contributed by atoms with Crippen molar-refractivity contribution in [1.29, 1.82) is 0 Å². The van der Waals surface area contributed by atoms with Crippen LogP contribution in [-0.4, -0.2) is 23.7 Å². The summed E-state index contributed by atoms with van der Waals surface area (Å²) in [5.41, 5.74) is 4.67. The van der Waals surface area contributed by atoms with E-state index >= 15 is 0 Å². The number of unbranched alkanes of at least 4 members (excludes halogenated alkanes) is 3. The van der Waals surface area contributed by atoms with Gasteiger partial charge in [0.25, 0.3) is 0 Å². The van der Waals surface area contributed by atoms with Crippen molar-refractivity contribution in [3.05, 3.63) is 59.7 Å². The summed E-state index contributed by atoms with van der Waals surface area (Å²) in [4.78, 5) is 23.8. The first-order valence-corrected chi connectivity index (χ1v) is 10.2. The van der Waals surface area contributed by atoms with Gasteiger partial charge in [-0.3, -0.25) is 9.59 Å². The van der Waals surface area contributed by atoms with Gasteiger partial charge in [-0.1, -0.05) is 81.1 Å². The molecule has 1 aliphatic carbocycles. The fraction of sp³-hybridized carbons (Fsp3) is 0.417. The maximum Gasteiger partial charge on any atom is 0.307 e. The van der Waals surface area contributed by atoms with Gasteiger partial charge in [-0.2, -0.15) is 0 Å². The maximum atomic E-state index is 12.3. The SMILES string of the molecule is CCCCCC[C@H](CC(=O)OCC1c2ccccc2-c2ccccc21)C(=O)O. The van der Waals surface area contributed by atoms with E-state index in [1.54, 1.807) is 0 Å². The topological polar surface area (TPSA) is 63.6 Å². The van der Waals surface area contributed by atoms with Crippen LogP contribution < -0.4 is 0 Å². The number of fused-ring (bicyclic) bond motifs is 3. The van der Waals surface area contributed by atoms with E-state index in [2.05, 4.69) is 31.2 Å². The van der Waals surface area contributed by atoms with Crippen LogP contribution in [0.4, 0.5) is 0 Å². The molecule has 1 atom stereocenters. The van der Waals surface area contributed by atoms with E-state index in [-0.39, 0.29) is 18.9 Å². The molecule has 148 valence electrons. The molecule has 0 heterocycles. The van der Waals surface area contributed by atoms with Crippen molar-refractivity contribution in [2.75, 3.05) is 6.61 Å². The van der Waals surface area contributed by atoms with Gasteiger partial charge in [-0.05, 0) is 28.7 Å². The Labute approximate surface area is 166 Å². The third-order valence-corrected chi connectivity index (χ3v) is 5.54. The number of carbonyl (C=O) groups is 2. The molecule has 3 rings (SSSR count). The summed E-state index contributed by atoms with van der Waals surface area (Å²) in [6.07, 6.45) is 4.50. The number of hydrogen-bond acceptors (Lipinski definition) is 3. The van der Waals surface area contributed by atoms with Gasteiger partial charge in [0.15, 0.2) is 0 Å². The third-order valence-electron chi connectivity index (χ3n) is 5.54. The lowest BCUT2D eigenvalue weighted by molar-refractivity contribution is -0.152. The molecule has 2 aromatic carbocycles. The van der Waals surface area contributed by atoms with Crippen LogP contribution in [0.15, 0.2) is 48.5 Å². The molecule has 1 aliphatic rings. The number of benzene rings is 2. The minimum atomic E-state index is -0.912. The van der Waals surface area contributed by atoms with Crippen LogP contribution >= 0.6 is 0 Å². The van der Waals surface area contributed by atoms with Crippen LogP contribution in [-0.2, 0) is 14.3 Å². The van der Waals surface area contributed by atoms with Crippen molar-refractivity contribution in [3.63, 3.8) is 0 Å². The second kappa shape index (κ2) is 9.54. The Morgan fingerprint density at radius 1 is 0.964 bits per heavy atom. The van der Waals surface area contributed by atoms with Crippen LogP contribution in [0.25, 0.3) is 11.1 Å². The van der Waals surface area contributed by atoms with Gasteiger partial charge in [-0.15, -0.1) is 0 Å². The first kappa shape index (κ1) is 20.1. The fourth-order valence-electron chi connectivity index (χ4n) is 4.01. The summed E-state index contributed by atoms with van der Waals surface area (Å²) >= 11 is 0. The number of carbonyl (C=O) groups excluding carboxylic acids is 1. The van der Waals surface area contributed by atoms with E-state index in [0.29, 0.717) is 6.42 Å². The van der Waals surface area contributed by atoms with Gasteiger partial charge in [0, 0.05) is 5.92 Å². The van der Waals surface area contributed by atoms with Gasteiger partial charge in [0.1, 0.15) is 6.61 Å². The lowest BCUT2D eigenvalue weighted by Crippen LogP contribution is -2.21. The number of hydrogen-bond donors (Lipinski definition) is 1. The van der Waals surface area contributed by atoms with E-state index in [4.69, 9.17) is 4.74 Å². The Bertz CT molecular complexity index is 781. The van der Waals surface area contributed by atoms with Crippen molar-refractivity contribution in [3.8, 4) is 11.1 Å². The predicted octanol–water partition coefficient (Wildman–Crippen LogP) is 5.40. The molecule has 28 heavy (non-hydrogen) atoms. The zero-order chi connectivity index (χ0) is 19.9. The highest BCUT2D eigenvalue weighted by atomic mass is 16.5. The summed E-state index contributed by atoms with van der Waals surface area (Å²) in [5, 5.41) is 9.41. The molecule has 0 saturated heterocycles. The second-order valence-corrected chi connectivity index (χ2v) is 7.50. The molecular weight excluding hydrogens is 352 g/mol. The average Bonchev–Trinajstić information content (AvgIpc) is 3.02.